The Labute approximate surface area is 141 Å². The molecule has 0 radical (unpaired) electrons. The zero-order chi connectivity index (χ0) is 17.5. The first kappa shape index (κ1) is 17.3. The number of nitrogens with one attached hydrogen (secondary N) is 1. The normalized spacial score (nSPS) is 10.6. The first-order chi connectivity index (χ1) is 11.5. The maximum atomic E-state index is 10.6. The van der Waals surface area contributed by atoms with Crippen molar-refractivity contribution in [2.45, 2.75) is 20.5 Å². The summed E-state index contributed by atoms with van der Waals surface area (Å²) in [5.74, 6) is 1.56. The van der Waals surface area contributed by atoms with E-state index < -0.39 is 6.03 Å². The highest BCUT2D eigenvalue weighted by Crippen LogP contribution is 2.24. The Kier molecular flexibility index (Phi) is 5.78. The van der Waals surface area contributed by atoms with Crippen LogP contribution in [0.4, 0.5) is 4.79 Å². The van der Waals surface area contributed by atoms with Crippen molar-refractivity contribution in [1.29, 1.82) is 0 Å². The molecule has 6 nitrogen and oxygen atoms in total. The lowest BCUT2D eigenvalue weighted by Gasteiger charge is -2.13. The molecule has 126 valence electrons. The van der Waals surface area contributed by atoms with Crippen LogP contribution in [0.15, 0.2) is 41.5 Å². The summed E-state index contributed by atoms with van der Waals surface area (Å²) in [5, 5.41) is 3.75. The number of hydrogen-bond donors (Lipinski definition) is 2. The van der Waals surface area contributed by atoms with Gasteiger partial charge in [-0.3, -0.25) is 0 Å². The number of carbonyl (C=O) groups is 1. The molecule has 0 heterocycles. The van der Waals surface area contributed by atoms with Gasteiger partial charge in [-0.05, 0) is 54.8 Å². The number of urea groups is 1. The summed E-state index contributed by atoms with van der Waals surface area (Å²) in [4.78, 5) is 10.6. The van der Waals surface area contributed by atoms with Crippen LogP contribution in [0.3, 0.4) is 0 Å². The zero-order valence-electron chi connectivity index (χ0n) is 14.0. The molecule has 0 spiro atoms. The minimum atomic E-state index is -0.710. The summed E-state index contributed by atoms with van der Waals surface area (Å²) in [5.41, 5.74) is 11.0. The van der Waals surface area contributed by atoms with Gasteiger partial charge in [0.2, 0.25) is 0 Å². The Morgan fingerprint density at radius 2 is 2.00 bits per heavy atom. The summed E-state index contributed by atoms with van der Waals surface area (Å²) >= 11 is 0. The summed E-state index contributed by atoms with van der Waals surface area (Å²) in [6, 6.07) is 10.9. The summed E-state index contributed by atoms with van der Waals surface area (Å²) < 4.78 is 11.3. The van der Waals surface area contributed by atoms with Gasteiger partial charge in [-0.25, -0.2) is 10.2 Å². The number of rotatable bonds is 6. The SMILES string of the molecule is COc1ccc(C=NNC(N)=O)cc1COc1cc(C)ccc1C. The Morgan fingerprint density at radius 3 is 2.71 bits per heavy atom. The van der Waals surface area contributed by atoms with E-state index in [4.69, 9.17) is 15.2 Å². The Balaban J connectivity index is 2.16. The number of hydrogen-bond acceptors (Lipinski definition) is 4. The van der Waals surface area contributed by atoms with E-state index in [1.54, 1.807) is 7.11 Å². The molecule has 2 rings (SSSR count). The molecule has 0 fully saturated rings. The molecular weight excluding hydrogens is 306 g/mol. The lowest BCUT2D eigenvalue weighted by atomic mass is 10.1. The number of primary amides is 1. The van der Waals surface area contributed by atoms with E-state index in [1.807, 2.05) is 50.2 Å². The predicted octanol–water partition coefficient (Wildman–Crippen LogP) is 2.89. The molecule has 3 N–H and O–H groups in total. The molecule has 0 aliphatic heterocycles. The third-order valence-corrected chi connectivity index (χ3v) is 3.42. The molecule has 0 atom stereocenters. The van der Waals surface area contributed by atoms with Gasteiger partial charge >= 0.3 is 6.03 Å². The van der Waals surface area contributed by atoms with Crippen molar-refractivity contribution in [2.75, 3.05) is 7.11 Å². The number of benzene rings is 2. The average Bonchev–Trinajstić information content (AvgIpc) is 2.55. The number of nitrogens with two attached hydrogens (primary N) is 1. The number of ether oxygens (including phenoxy) is 2. The highest BCUT2D eigenvalue weighted by atomic mass is 16.5. The highest BCUT2D eigenvalue weighted by Gasteiger charge is 2.07. The first-order valence-corrected chi connectivity index (χ1v) is 7.45. The Bertz CT molecular complexity index is 757. The minimum absolute atomic E-state index is 0.360. The van der Waals surface area contributed by atoms with E-state index >= 15 is 0 Å². The van der Waals surface area contributed by atoms with Crippen LogP contribution in [0.1, 0.15) is 22.3 Å². The molecule has 2 amide bonds. The smallest absolute Gasteiger partial charge is 0.332 e. The number of nitrogens with zero attached hydrogens (tertiary/aromatic N) is 1. The van der Waals surface area contributed by atoms with Crippen molar-refractivity contribution in [3.8, 4) is 11.5 Å². The third kappa shape index (κ3) is 4.74. The van der Waals surface area contributed by atoms with Crippen LogP contribution in [0.5, 0.6) is 11.5 Å². The van der Waals surface area contributed by atoms with Crippen LogP contribution in [0.25, 0.3) is 0 Å². The summed E-state index contributed by atoms with van der Waals surface area (Å²) in [7, 11) is 1.61. The highest BCUT2D eigenvalue weighted by molar-refractivity contribution is 5.82. The maximum Gasteiger partial charge on any atom is 0.332 e. The third-order valence-electron chi connectivity index (χ3n) is 3.42. The van der Waals surface area contributed by atoms with Gasteiger partial charge < -0.3 is 15.2 Å². The molecule has 2 aromatic carbocycles. The molecule has 0 aliphatic rings. The van der Waals surface area contributed by atoms with Crippen molar-refractivity contribution in [3.05, 3.63) is 58.7 Å². The van der Waals surface area contributed by atoms with Gasteiger partial charge in [-0.2, -0.15) is 5.10 Å². The van der Waals surface area contributed by atoms with Crippen LogP contribution in [-0.2, 0) is 6.61 Å². The van der Waals surface area contributed by atoms with Gasteiger partial charge in [0.15, 0.2) is 0 Å². The number of methoxy groups -OCH3 is 1. The fraction of sp³-hybridized carbons (Fsp3) is 0.222. The number of aryl methyl sites for hydroxylation is 2. The van der Waals surface area contributed by atoms with E-state index in [0.29, 0.717) is 6.61 Å². The molecule has 0 aromatic heterocycles. The van der Waals surface area contributed by atoms with Crippen LogP contribution in [0, 0.1) is 13.8 Å². The van der Waals surface area contributed by atoms with Crippen molar-refractivity contribution >= 4 is 12.2 Å². The van der Waals surface area contributed by atoms with Crippen LogP contribution in [0.2, 0.25) is 0 Å². The molecule has 2 aromatic rings. The van der Waals surface area contributed by atoms with Gasteiger partial charge in [0, 0.05) is 5.56 Å². The number of amides is 2. The van der Waals surface area contributed by atoms with Gasteiger partial charge in [-0.1, -0.05) is 12.1 Å². The van der Waals surface area contributed by atoms with Gasteiger partial charge in [0.05, 0.1) is 13.3 Å². The molecule has 0 aliphatic carbocycles. The van der Waals surface area contributed by atoms with Crippen molar-refractivity contribution in [1.82, 2.24) is 5.43 Å². The maximum absolute atomic E-state index is 10.6. The largest absolute Gasteiger partial charge is 0.496 e. The molecule has 0 saturated heterocycles. The zero-order valence-corrected chi connectivity index (χ0v) is 14.0. The van der Waals surface area contributed by atoms with Crippen LogP contribution in [-0.4, -0.2) is 19.4 Å². The number of hydrazone groups is 1. The second kappa shape index (κ2) is 8.01. The quantitative estimate of drug-likeness (QED) is 0.632. The van der Waals surface area contributed by atoms with E-state index in [-0.39, 0.29) is 0 Å². The summed E-state index contributed by atoms with van der Waals surface area (Å²) in [6.45, 7) is 4.39. The molecule has 6 heteroatoms. The second-order valence-corrected chi connectivity index (χ2v) is 5.36. The monoisotopic (exact) mass is 327 g/mol. The number of carbonyl (C=O) groups excluding carboxylic acids is 1. The summed E-state index contributed by atoms with van der Waals surface area (Å²) in [6.07, 6.45) is 1.51. The average molecular weight is 327 g/mol. The minimum Gasteiger partial charge on any atom is -0.496 e. The molecular formula is C18H21N3O3. The van der Waals surface area contributed by atoms with E-state index in [0.717, 1.165) is 33.8 Å². The second-order valence-electron chi connectivity index (χ2n) is 5.36. The lowest BCUT2D eigenvalue weighted by molar-refractivity contribution is 0.249. The molecule has 0 saturated carbocycles. The standard InChI is InChI=1S/C18H21N3O3/c1-12-4-5-13(2)17(8-12)24-11-15-9-14(6-7-16(15)23-3)10-20-21-18(19)22/h4-10H,11H2,1-3H3,(H3,19,21,22). The fourth-order valence-corrected chi connectivity index (χ4v) is 2.18. The van der Waals surface area contributed by atoms with E-state index in [2.05, 4.69) is 10.5 Å². The molecule has 24 heavy (non-hydrogen) atoms. The van der Waals surface area contributed by atoms with Gasteiger partial charge in [-0.15, -0.1) is 0 Å². The van der Waals surface area contributed by atoms with Crippen LogP contribution < -0.4 is 20.6 Å². The van der Waals surface area contributed by atoms with Crippen molar-refractivity contribution in [3.63, 3.8) is 0 Å². The fourth-order valence-electron chi connectivity index (χ4n) is 2.18. The van der Waals surface area contributed by atoms with Gasteiger partial charge in [0.1, 0.15) is 18.1 Å². The van der Waals surface area contributed by atoms with Crippen molar-refractivity contribution < 1.29 is 14.3 Å². The van der Waals surface area contributed by atoms with Crippen molar-refractivity contribution in [2.24, 2.45) is 10.8 Å². The van der Waals surface area contributed by atoms with E-state index in [1.165, 1.54) is 6.21 Å². The van der Waals surface area contributed by atoms with Gasteiger partial charge in [0.25, 0.3) is 0 Å². The first-order valence-electron chi connectivity index (χ1n) is 7.45. The van der Waals surface area contributed by atoms with Crippen LogP contribution >= 0.6 is 0 Å². The molecule has 0 unspecified atom stereocenters. The molecule has 0 bridgehead atoms. The Hall–Kier alpha value is -3.02. The Morgan fingerprint density at radius 1 is 1.21 bits per heavy atom. The predicted molar refractivity (Wildman–Crippen MR) is 93.6 cm³/mol. The lowest BCUT2D eigenvalue weighted by Crippen LogP contribution is -2.24. The van der Waals surface area contributed by atoms with E-state index in [9.17, 15) is 4.79 Å². The topological polar surface area (TPSA) is 85.9 Å².